The third kappa shape index (κ3) is 4.30. The van der Waals surface area contributed by atoms with Gasteiger partial charge >= 0.3 is 12.1 Å². The first kappa shape index (κ1) is 15.0. The van der Waals surface area contributed by atoms with Gasteiger partial charge in [0.2, 0.25) is 0 Å². The number of carbonyl (C=O) groups is 1. The van der Waals surface area contributed by atoms with Gasteiger partial charge in [-0.05, 0) is 24.8 Å². The highest BCUT2D eigenvalue weighted by atomic mass is 32.1. The number of esters is 1. The number of carbonyl (C=O) groups excluding carboxylic acids is 1. The standard InChI is InChI=1S/C11H13F3O3S/c1-2-17-10(16)9-7(4-6-18-9)8(15)3-5-11(12,13)14/h4,6,8,15H,2-3,5H2,1H3. The molecule has 1 unspecified atom stereocenters. The van der Waals surface area contributed by atoms with Gasteiger partial charge in [0.1, 0.15) is 4.88 Å². The Morgan fingerprint density at radius 1 is 1.56 bits per heavy atom. The Kier molecular flexibility index (Phi) is 5.15. The predicted octanol–water partition coefficient (Wildman–Crippen LogP) is 3.30. The molecule has 1 heterocycles. The van der Waals surface area contributed by atoms with E-state index in [1.807, 2.05) is 0 Å². The van der Waals surface area contributed by atoms with E-state index in [0.29, 0.717) is 0 Å². The molecule has 1 atom stereocenters. The highest BCUT2D eigenvalue weighted by Gasteiger charge is 2.29. The first-order valence-electron chi connectivity index (χ1n) is 5.34. The summed E-state index contributed by atoms with van der Waals surface area (Å²) in [6.45, 7) is 1.81. The number of thiophene rings is 1. The zero-order chi connectivity index (χ0) is 13.8. The van der Waals surface area contributed by atoms with E-state index in [2.05, 4.69) is 0 Å². The summed E-state index contributed by atoms with van der Waals surface area (Å²) < 4.78 is 40.9. The Bertz CT molecular complexity index is 400. The van der Waals surface area contributed by atoms with Crippen molar-refractivity contribution in [2.24, 2.45) is 0 Å². The lowest BCUT2D eigenvalue weighted by molar-refractivity contribution is -0.140. The van der Waals surface area contributed by atoms with Crippen molar-refractivity contribution in [1.82, 2.24) is 0 Å². The number of hydrogen-bond acceptors (Lipinski definition) is 4. The molecule has 0 saturated heterocycles. The summed E-state index contributed by atoms with van der Waals surface area (Å²) in [4.78, 5) is 11.6. The average molecular weight is 282 g/mol. The van der Waals surface area contributed by atoms with E-state index in [1.165, 1.54) is 6.07 Å². The highest BCUT2D eigenvalue weighted by Crippen LogP contribution is 2.31. The lowest BCUT2D eigenvalue weighted by Crippen LogP contribution is -2.12. The fourth-order valence-electron chi connectivity index (χ4n) is 1.40. The fourth-order valence-corrected chi connectivity index (χ4v) is 2.25. The lowest BCUT2D eigenvalue weighted by Gasteiger charge is -2.12. The molecular formula is C11H13F3O3S. The number of hydrogen-bond donors (Lipinski definition) is 1. The summed E-state index contributed by atoms with van der Waals surface area (Å²) in [5.74, 6) is -0.617. The number of ether oxygens (including phenoxy) is 1. The second-order valence-electron chi connectivity index (χ2n) is 3.60. The first-order chi connectivity index (χ1) is 8.35. The number of aliphatic hydroxyl groups excluding tert-OH is 1. The van der Waals surface area contributed by atoms with Crippen molar-refractivity contribution in [3.63, 3.8) is 0 Å². The zero-order valence-electron chi connectivity index (χ0n) is 9.66. The molecule has 0 saturated carbocycles. The minimum Gasteiger partial charge on any atom is -0.462 e. The highest BCUT2D eigenvalue weighted by molar-refractivity contribution is 7.12. The molecule has 0 amide bonds. The van der Waals surface area contributed by atoms with Crippen LogP contribution in [0, 0.1) is 0 Å². The van der Waals surface area contributed by atoms with Crippen LogP contribution in [0.5, 0.6) is 0 Å². The molecule has 0 aromatic carbocycles. The zero-order valence-corrected chi connectivity index (χ0v) is 10.5. The Balaban J connectivity index is 2.71. The lowest BCUT2D eigenvalue weighted by atomic mass is 10.1. The number of alkyl halides is 3. The Labute approximate surface area is 106 Å². The van der Waals surface area contributed by atoms with Gasteiger partial charge in [0.05, 0.1) is 12.7 Å². The van der Waals surface area contributed by atoms with Gasteiger partial charge in [-0.3, -0.25) is 0 Å². The van der Waals surface area contributed by atoms with E-state index in [0.717, 1.165) is 11.3 Å². The van der Waals surface area contributed by atoms with Gasteiger partial charge in [0.25, 0.3) is 0 Å². The molecule has 0 spiro atoms. The van der Waals surface area contributed by atoms with Crippen LogP contribution in [0.15, 0.2) is 11.4 Å². The Morgan fingerprint density at radius 3 is 2.78 bits per heavy atom. The smallest absolute Gasteiger partial charge is 0.389 e. The summed E-state index contributed by atoms with van der Waals surface area (Å²) in [6, 6.07) is 1.44. The summed E-state index contributed by atoms with van der Waals surface area (Å²) in [5, 5.41) is 11.2. The van der Waals surface area contributed by atoms with Crippen molar-refractivity contribution in [2.75, 3.05) is 6.61 Å². The maximum absolute atomic E-state index is 12.0. The van der Waals surface area contributed by atoms with E-state index < -0.39 is 31.1 Å². The maximum Gasteiger partial charge on any atom is 0.389 e. The van der Waals surface area contributed by atoms with Crippen LogP contribution in [0.4, 0.5) is 13.2 Å². The average Bonchev–Trinajstić information content (AvgIpc) is 2.74. The van der Waals surface area contributed by atoms with Crippen LogP contribution in [0.25, 0.3) is 0 Å². The van der Waals surface area contributed by atoms with Crippen molar-refractivity contribution in [2.45, 2.75) is 32.0 Å². The van der Waals surface area contributed by atoms with Crippen LogP contribution < -0.4 is 0 Å². The molecule has 1 N–H and O–H groups in total. The Morgan fingerprint density at radius 2 is 2.22 bits per heavy atom. The van der Waals surface area contributed by atoms with Gasteiger partial charge in [-0.1, -0.05) is 0 Å². The molecule has 3 nitrogen and oxygen atoms in total. The van der Waals surface area contributed by atoms with E-state index >= 15 is 0 Å². The van der Waals surface area contributed by atoms with E-state index in [4.69, 9.17) is 4.74 Å². The van der Waals surface area contributed by atoms with Crippen LogP contribution in [0.3, 0.4) is 0 Å². The van der Waals surface area contributed by atoms with E-state index in [1.54, 1.807) is 12.3 Å². The van der Waals surface area contributed by atoms with Crippen molar-refractivity contribution in [3.8, 4) is 0 Å². The summed E-state index contributed by atoms with van der Waals surface area (Å²) in [7, 11) is 0. The summed E-state index contributed by atoms with van der Waals surface area (Å²) in [6.07, 6.45) is -7.18. The van der Waals surface area contributed by atoms with Crippen molar-refractivity contribution in [1.29, 1.82) is 0 Å². The predicted molar refractivity (Wildman–Crippen MR) is 60.5 cm³/mol. The third-order valence-corrected chi connectivity index (χ3v) is 3.13. The van der Waals surface area contributed by atoms with Gasteiger partial charge in [-0.25, -0.2) is 4.79 Å². The maximum atomic E-state index is 12.0. The largest absolute Gasteiger partial charge is 0.462 e. The van der Waals surface area contributed by atoms with Crippen molar-refractivity contribution in [3.05, 3.63) is 21.9 Å². The van der Waals surface area contributed by atoms with Crippen LogP contribution in [-0.2, 0) is 4.74 Å². The molecule has 7 heteroatoms. The summed E-state index contributed by atoms with van der Waals surface area (Å²) in [5.41, 5.74) is 0.197. The fraction of sp³-hybridized carbons (Fsp3) is 0.545. The van der Waals surface area contributed by atoms with Crippen LogP contribution in [0.1, 0.15) is 41.1 Å². The number of rotatable bonds is 5. The van der Waals surface area contributed by atoms with Crippen LogP contribution in [-0.4, -0.2) is 23.9 Å². The summed E-state index contributed by atoms with van der Waals surface area (Å²) >= 11 is 1.04. The molecular weight excluding hydrogens is 269 g/mol. The molecule has 102 valence electrons. The topological polar surface area (TPSA) is 46.5 Å². The van der Waals surface area contributed by atoms with Crippen LogP contribution in [0.2, 0.25) is 0 Å². The van der Waals surface area contributed by atoms with Gasteiger partial charge < -0.3 is 9.84 Å². The number of aliphatic hydroxyl groups is 1. The molecule has 0 aliphatic carbocycles. The molecule has 1 aromatic heterocycles. The molecule has 18 heavy (non-hydrogen) atoms. The van der Waals surface area contributed by atoms with Crippen molar-refractivity contribution >= 4 is 17.3 Å². The van der Waals surface area contributed by atoms with Gasteiger partial charge in [0.15, 0.2) is 0 Å². The third-order valence-electron chi connectivity index (χ3n) is 2.22. The van der Waals surface area contributed by atoms with Gasteiger partial charge in [-0.2, -0.15) is 13.2 Å². The number of halogens is 3. The molecule has 1 aromatic rings. The molecule has 0 fully saturated rings. The molecule has 0 aliphatic heterocycles. The SMILES string of the molecule is CCOC(=O)c1sccc1C(O)CCC(F)(F)F. The molecule has 0 aliphatic rings. The molecule has 0 radical (unpaired) electrons. The molecule has 0 bridgehead atoms. The van der Waals surface area contributed by atoms with Crippen molar-refractivity contribution < 1.29 is 27.8 Å². The second kappa shape index (κ2) is 6.19. The second-order valence-corrected chi connectivity index (χ2v) is 4.51. The monoisotopic (exact) mass is 282 g/mol. The molecule has 1 rings (SSSR count). The first-order valence-corrected chi connectivity index (χ1v) is 6.22. The van der Waals surface area contributed by atoms with Gasteiger partial charge in [-0.15, -0.1) is 11.3 Å². The van der Waals surface area contributed by atoms with E-state index in [9.17, 15) is 23.1 Å². The minimum atomic E-state index is -4.32. The van der Waals surface area contributed by atoms with Gasteiger partial charge in [0, 0.05) is 12.0 Å². The Hall–Kier alpha value is -1.08. The minimum absolute atomic E-state index is 0.159. The van der Waals surface area contributed by atoms with E-state index in [-0.39, 0.29) is 17.0 Å². The quantitative estimate of drug-likeness (QED) is 0.843. The van der Waals surface area contributed by atoms with Crippen LogP contribution >= 0.6 is 11.3 Å². The normalized spacial score (nSPS) is 13.4.